The first-order valence-corrected chi connectivity index (χ1v) is 11.6. The molecule has 0 bridgehead atoms. The second-order valence-corrected chi connectivity index (χ2v) is 8.42. The number of aromatic nitrogens is 2. The number of para-hydroxylation sites is 1. The molecule has 1 aliphatic heterocycles. The molecule has 0 unspecified atom stereocenters. The van der Waals surface area contributed by atoms with E-state index in [0.717, 1.165) is 38.4 Å². The smallest absolute Gasteiger partial charge is 0.296 e. The predicted octanol–water partition coefficient (Wildman–Crippen LogP) is 1.93. The van der Waals surface area contributed by atoms with E-state index in [-0.39, 0.29) is 18.1 Å². The van der Waals surface area contributed by atoms with Gasteiger partial charge in [0.15, 0.2) is 17.2 Å². The van der Waals surface area contributed by atoms with Gasteiger partial charge in [0, 0.05) is 44.4 Å². The van der Waals surface area contributed by atoms with Crippen molar-refractivity contribution in [3.05, 3.63) is 69.6 Å². The molecule has 1 saturated heterocycles. The predicted molar refractivity (Wildman–Crippen MR) is 133 cm³/mol. The summed E-state index contributed by atoms with van der Waals surface area (Å²) in [4.78, 5) is 32.3. The third-order valence-corrected chi connectivity index (χ3v) is 6.13. The van der Waals surface area contributed by atoms with E-state index in [4.69, 9.17) is 14.2 Å². The lowest BCUT2D eigenvalue weighted by atomic mass is 10.1. The van der Waals surface area contributed by atoms with Gasteiger partial charge in [-0.05, 0) is 11.6 Å². The number of benzene rings is 2. The first kappa shape index (κ1) is 25.2. The van der Waals surface area contributed by atoms with Gasteiger partial charge in [0.2, 0.25) is 5.75 Å². The van der Waals surface area contributed by atoms with Crippen LogP contribution in [0.25, 0.3) is 11.4 Å². The van der Waals surface area contributed by atoms with Crippen LogP contribution < -0.4 is 20.3 Å². The summed E-state index contributed by atoms with van der Waals surface area (Å²) in [5, 5.41) is 13.1. The van der Waals surface area contributed by atoms with Gasteiger partial charge in [-0.3, -0.25) is 19.1 Å². The number of carbonyl (C=O) groups excluding carboxylic acids is 1. The average molecular weight is 495 g/mol. The maximum atomic E-state index is 12.9. The lowest BCUT2D eigenvalue weighted by Gasteiger charge is -2.26. The molecule has 1 aromatic heterocycles. The molecule has 0 radical (unpaired) electrons. The lowest BCUT2D eigenvalue weighted by Crippen LogP contribution is -2.35. The van der Waals surface area contributed by atoms with Crippen LogP contribution in [0.4, 0.5) is 0 Å². The Morgan fingerprint density at radius 1 is 1.11 bits per heavy atom. The second-order valence-electron chi connectivity index (χ2n) is 8.42. The van der Waals surface area contributed by atoms with Crippen LogP contribution in [0.5, 0.6) is 17.2 Å². The Balaban J connectivity index is 1.55. The number of aromatic hydroxyl groups is 1. The minimum atomic E-state index is -0.708. The highest BCUT2D eigenvalue weighted by Gasteiger charge is 2.21. The molecule has 0 saturated carbocycles. The summed E-state index contributed by atoms with van der Waals surface area (Å²) in [5.74, 6) is -0.0992. The zero-order chi connectivity index (χ0) is 25.7. The summed E-state index contributed by atoms with van der Waals surface area (Å²) in [6.07, 6.45) is 0. The molecule has 1 amide bonds. The van der Waals surface area contributed by atoms with Crippen LogP contribution in [-0.2, 0) is 24.9 Å². The Bertz CT molecular complexity index is 1280. The zero-order valence-electron chi connectivity index (χ0n) is 20.6. The molecule has 4 rings (SSSR count). The fraction of sp³-hybridized carbons (Fsp3) is 0.346. The minimum Gasteiger partial charge on any atom is -0.501 e. The first-order valence-electron chi connectivity index (χ1n) is 11.6. The van der Waals surface area contributed by atoms with E-state index >= 15 is 0 Å². The maximum absolute atomic E-state index is 12.9. The highest BCUT2D eigenvalue weighted by atomic mass is 16.5. The molecule has 3 aromatic rings. The summed E-state index contributed by atoms with van der Waals surface area (Å²) in [6, 6.07) is 13.0. The van der Waals surface area contributed by atoms with Gasteiger partial charge in [-0.15, -0.1) is 0 Å². The van der Waals surface area contributed by atoms with E-state index in [1.54, 1.807) is 18.2 Å². The standard InChI is InChI=1S/C26H30N4O6/c1-29-24(18-9-7-17(8-10-18)16-30-11-13-36-14-12-30)28-21(22(31)26(29)33)25(32)27-15-19-5-4-6-20(34-2)23(19)35-3/h4-10,31H,11-16H2,1-3H3,(H,27,32). The summed E-state index contributed by atoms with van der Waals surface area (Å²) in [7, 11) is 4.55. The normalized spacial score (nSPS) is 13.9. The van der Waals surface area contributed by atoms with Crippen molar-refractivity contribution in [3.8, 4) is 28.6 Å². The van der Waals surface area contributed by atoms with Gasteiger partial charge in [0.25, 0.3) is 11.5 Å². The summed E-state index contributed by atoms with van der Waals surface area (Å²) < 4.78 is 17.3. The Hall–Kier alpha value is -3.89. The van der Waals surface area contributed by atoms with Crippen molar-refractivity contribution in [2.75, 3.05) is 40.5 Å². The molecule has 1 fully saturated rings. The Morgan fingerprint density at radius 2 is 1.83 bits per heavy atom. The topological polar surface area (TPSA) is 115 Å². The van der Waals surface area contributed by atoms with Gasteiger partial charge < -0.3 is 24.6 Å². The number of amides is 1. The Labute approximate surface area is 209 Å². The molecule has 0 aliphatic carbocycles. The largest absolute Gasteiger partial charge is 0.501 e. The molecule has 0 atom stereocenters. The van der Waals surface area contributed by atoms with Crippen LogP contribution in [0.2, 0.25) is 0 Å². The highest BCUT2D eigenvalue weighted by Crippen LogP contribution is 2.30. The summed E-state index contributed by atoms with van der Waals surface area (Å²) >= 11 is 0. The van der Waals surface area contributed by atoms with Gasteiger partial charge >= 0.3 is 0 Å². The van der Waals surface area contributed by atoms with Gasteiger partial charge in [0.05, 0.1) is 27.4 Å². The number of ether oxygens (including phenoxy) is 3. The molecule has 1 aliphatic rings. The molecular formula is C26H30N4O6. The van der Waals surface area contributed by atoms with Crippen LogP contribution in [0.1, 0.15) is 21.6 Å². The van der Waals surface area contributed by atoms with Crippen molar-refractivity contribution in [1.29, 1.82) is 0 Å². The van der Waals surface area contributed by atoms with Crippen molar-refractivity contribution in [2.24, 2.45) is 7.05 Å². The van der Waals surface area contributed by atoms with Crippen LogP contribution in [-0.4, -0.2) is 66.0 Å². The Morgan fingerprint density at radius 3 is 2.50 bits per heavy atom. The monoisotopic (exact) mass is 494 g/mol. The fourth-order valence-corrected chi connectivity index (χ4v) is 4.14. The summed E-state index contributed by atoms with van der Waals surface area (Å²) in [5.41, 5.74) is 1.40. The van der Waals surface area contributed by atoms with Gasteiger partial charge in [-0.1, -0.05) is 36.4 Å². The third-order valence-electron chi connectivity index (χ3n) is 6.13. The molecule has 10 heteroatoms. The highest BCUT2D eigenvalue weighted by molar-refractivity contribution is 5.95. The SMILES string of the molecule is COc1cccc(CNC(=O)c2nc(-c3ccc(CN4CCOCC4)cc3)n(C)c(=O)c2O)c1OC. The van der Waals surface area contributed by atoms with Crippen LogP contribution in [0, 0.1) is 0 Å². The van der Waals surface area contributed by atoms with Crippen molar-refractivity contribution < 1.29 is 24.1 Å². The lowest BCUT2D eigenvalue weighted by molar-refractivity contribution is 0.0342. The zero-order valence-corrected chi connectivity index (χ0v) is 20.6. The van der Waals surface area contributed by atoms with Gasteiger partial charge in [0.1, 0.15) is 5.82 Å². The third kappa shape index (κ3) is 5.34. The van der Waals surface area contributed by atoms with E-state index in [1.807, 2.05) is 24.3 Å². The number of morpholine rings is 1. The Kier molecular flexibility index (Phi) is 7.87. The number of hydrogen-bond donors (Lipinski definition) is 2. The molecule has 0 spiro atoms. The first-order chi connectivity index (χ1) is 17.4. The van der Waals surface area contributed by atoms with Crippen molar-refractivity contribution >= 4 is 5.91 Å². The van der Waals surface area contributed by atoms with Gasteiger partial charge in [-0.25, -0.2) is 4.98 Å². The molecule has 2 heterocycles. The number of hydrogen-bond acceptors (Lipinski definition) is 8. The van der Waals surface area contributed by atoms with E-state index in [2.05, 4.69) is 15.2 Å². The van der Waals surface area contributed by atoms with Crippen molar-refractivity contribution in [3.63, 3.8) is 0 Å². The van der Waals surface area contributed by atoms with Crippen molar-refractivity contribution in [1.82, 2.24) is 19.8 Å². The van der Waals surface area contributed by atoms with Crippen molar-refractivity contribution in [2.45, 2.75) is 13.1 Å². The number of carbonyl (C=O) groups is 1. The number of rotatable bonds is 8. The van der Waals surface area contributed by atoms with E-state index in [1.165, 1.54) is 25.8 Å². The summed E-state index contributed by atoms with van der Waals surface area (Å²) in [6.45, 7) is 4.11. The second kappa shape index (κ2) is 11.2. The number of nitrogens with zero attached hydrogens (tertiary/aromatic N) is 3. The quantitative estimate of drug-likeness (QED) is 0.488. The molecular weight excluding hydrogens is 464 g/mol. The molecule has 2 N–H and O–H groups in total. The maximum Gasteiger partial charge on any atom is 0.296 e. The van der Waals surface area contributed by atoms with Gasteiger partial charge in [-0.2, -0.15) is 0 Å². The number of nitrogens with one attached hydrogen (secondary N) is 1. The van der Waals surface area contributed by atoms with Crippen LogP contribution >= 0.6 is 0 Å². The van der Waals surface area contributed by atoms with E-state index in [0.29, 0.717) is 22.6 Å². The molecule has 36 heavy (non-hydrogen) atoms. The average Bonchev–Trinajstić information content (AvgIpc) is 2.91. The van der Waals surface area contributed by atoms with Crippen LogP contribution in [0.15, 0.2) is 47.3 Å². The fourth-order valence-electron chi connectivity index (χ4n) is 4.14. The molecule has 190 valence electrons. The van der Waals surface area contributed by atoms with E-state index < -0.39 is 17.2 Å². The number of methoxy groups -OCH3 is 2. The molecule has 10 nitrogen and oxygen atoms in total. The van der Waals surface area contributed by atoms with E-state index in [9.17, 15) is 14.7 Å². The molecule has 2 aromatic carbocycles. The minimum absolute atomic E-state index is 0.0844. The van der Waals surface area contributed by atoms with Crippen LogP contribution in [0.3, 0.4) is 0 Å².